The number of unbranched alkanes of at least 4 members (excludes halogenated alkanes) is 1. The third kappa shape index (κ3) is 5.60. The molecule has 0 aliphatic rings. The third-order valence-electron chi connectivity index (χ3n) is 4.53. The Morgan fingerprint density at radius 3 is 2.38 bits per heavy atom. The second-order valence-electron chi connectivity index (χ2n) is 6.65. The molecule has 2 N–H and O–H groups in total. The van der Waals surface area contributed by atoms with E-state index in [2.05, 4.69) is 39.7 Å². The molecule has 0 aliphatic heterocycles. The van der Waals surface area contributed by atoms with Crippen LogP contribution >= 0.6 is 0 Å². The van der Waals surface area contributed by atoms with Crippen LogP contribution in [0.4, 0.5) is 11.8 Å². The lowest BCUT2D eigenvalue weighted by Crippen LogP contribution is -2.09. The van der Waals surface area contributed by atoms with Gasteiger partial charge in [0.1, 0.15) is 5.82 Å². The number of ether oxygens (including phenoxy) is 2. The highest BCUT2D eigenvalue weighted by Gasteiger charge is 2.08. The standard InChI is InChI=1S/C23H28N4O2/c1-4-5-13-24-23-26-19(18-9-7-6-8-10-18)15-22(27-23)25-16-17-11-12-20(28-2)21(14-17)29-3/h6-12,14-15H,4-5,13,16H2,1-3H3,(H2,24,25,26,27). The van der Waals surface area contributed by atoms with Crippen LogP contribution in [0.2, 0.25) is 0 Å². The van der Waals surface area contributed by atoms with E-state index in [4.69, 9.17) is 9.47 Å². The highest BCUT2D eigenvalue weighted by Crippen LogP contribution is 2.28. The molecular formula is C23H28N4O2. The summed E-state index contributed by atoms with van der Waals surface area (Å²) in [5.74, 6) is 2.83. The Kier molecular flexibility index (Phi) is 7.28. The topological polar surface area (TPSA) is 68.3 Å². The maximum atomic E-state index is 5.39. The SMILES string of the molecule is CCCCNc1nc(NCc2ccc(OC)c(OC)c2)cc(-c2ccccc2)n1. The van der Waals surface area contributed by atoms with E-state index in [9.17, 15) is 0 Å². The van der Waals surface area contributed by atoms with Gasteiger partial charge in [0.05, 0.1) is 19.9 Å². The first-order valence-electron chi connectivity index (χ1n) is 9.86. The maximum Gasteiger partial charge on any atom is 0.225 e. The minimum atomic E-state index is 0.611. The molecule has 6 heteroatoms. The van der Waals surface area contributed by atoms with Gasteiger partial charge < -0.3 is 20.1 Å². The minimum Gasteiger partial charge on any atom is -0.493 e. The summed E-state index contributed by atoms with van der Waals surface area (Å²) in [6.45, 7) is 3.63. The van der Waals surface area contributed by atoms with Gasteiger partial charge in [-0.25, -0.2) is 4.98 Å². The summed E-state index contributed by atoms with van der Waals surface area (Å²) in [4.78, 5) is 9.31. The zero-order valence-corrected chi connectivity index (χ0v) is 17.2. The molecule has 0 saturated carbocycles. The smallest absolute Gasteiger partial charge is 0.225 e. The lowest BCUT2D eigenvalue weighted by molar-refractivity contribution is 0.354. The fraction of sp³-hybridized carbons (Fsp3) is 0.304. The normalized spacial score (nSPS) is 10.4. The van der Waals surface area contributed by atoms with Crippen molar-refractivity contribution in [2.24, 2.45) is 0 Å². The summed E-state index contributed by atoms with van der Waals surface area (Å²) in [5.41, 5.74) is 3.01. The van der Waals surface area contributed by atoms with Crippen LogP contribution in [0.1, 0.15) is 25.3 Å². The summed E-state index contributed by atoms with van der Waals surface area (Å²) < 4.78 is 10.7. The molecule has 0 aliphatic carbocycles. The van der Waals surface area contributed by atoms with E-state index in [0.717, 1.165) is 42.0 Å². The minimum absolute atomic E-state index is 0.611. The van der Waals surface area contributed by atoms with Gasteiger partial charge in [-0.1, -0.05) is 49.7 Å². The number of hydrogen-bond donors (Lipinski definition) is 2. The third-order valence-corrected chi connectivity index (χ3v) is 4.53. The van der Waals surface area contributed by atoms with Crippen molar-refractivity contribution in [3.05, 3.63) is 60.2 Å². The van der Waals surface area contributed by atoms with Gasteiger partial charge in [0.2, 0.25) is 5.95 Å². The second-order valence-corrected chi connectivity index (χ2v) is 6.65. The fourth-order valence-electron chi connectivity index (χ4n) is 2.93. The van der Waals surface area contributed by atoms with Crippen molar-refractivity contribution in [2.45, 2.75) is 26.3 Å². The molecular weight excluding hydrogens is 364 g/mol. The Morgan fingerprint density at radius 2 is 1.66 bits per heavy atom. The van der Waals surface area contributed by atoms with Gasteiger partial charge in [-0.05, 0) is 24.1 Å². The first-order valence-corrected chi connectivity index (χ1v) is 9.86. The zero-order valence-electron chi connectivity index (χ0n) is 17.2. The van der Waals surface area contributed by atoms with Crippen LogP contribution in [0.5, 0.6) is 11.5 Å². The summed E-state index contributed by atoms with van der Waals surface area (Å²) in [7, 11) is 3.27. The number of rotatable bonds is 10. The van der Waals surface area contributed by atoms with Crippen molar-refractivity contribution in [3.8, 4) is 22.8 Å². The quantitative estimate of drug-likeness (QED) is 0.474. The van der Waals surface area contributed by atoms with E-state index in [1.54, 1.807) is 14.2 Å². The summed E-state index contributed by atoms with van der Waals surface area (Å²) in [5, 5.41) is 6.73. The van der Waals surface area contributed by atoms with Crippen LogP contribution in [0, 0.1) is 0 Å². The van der Waals surface area contributed by atoms with E-state index in [1.807, 2.05) is 42.5 Å². The Labute approximate surface area is 172 Å². The Bertz CT molecular complexity index is 916. The van der Waals surface area contributed by atoms with Gasteiger partial charge in [-0.3, -0.25) is 0 Å². The highest BCUT2D eigenvalue weighted by atomic mass is 16.5. The maximum absolute atomic E-state index is 5.39. The van der Waals surface area contributed by atoms with Crippen LogP contribution in [0.15, 0.2) is 54.6 Å². The predicted molar refractivity (Wildman–Crippen MR) is 118 cm³/mol. The fourth-order valence-corrected chi connectivity index (χ4v) is 2.93. The van der Waals surface area contributed by atoms with Crippen molar-refractivity contribution in [3.63, 3.8) is 0 Å². The second kappa shape index (κ2) is 10.3. The van der Waals surface area contributed by atoms with E-state index in [0.29, 0.717) is 24.0 Å². The molecule has 3 aromatic rings. The molecule has 1 aromatic heterocycles. The first-order chi connectivity index (χ1) is 14.2. The molecule has 152 valence electrons. The zero-order chi connectivity index (χ0) is 20.5. The van der Waals surface area contributed by atoms with Gasteiger partial charge in [-0.15, -0.1) is 0 Å². The molecule has 0 unspecified atom stereocenters. The Morgan fingerprint density at radius 1 is 0.862 bits per heavy atom. The molecule has 2 aromatic carbocycles. The van der Waals surface area contributed by atoms with Crippen molar-refractivity contribution < 1.29 is 9.47 Å². The van der Waals surface area contributed by atoms with E-state index in [1.165, 1.54) is 0 Å². The molecule has 29 heavy (non-hydrogen) atoms. The van der Waals surface area contributed by atoms with Gasteiger partial charge in [-0.2, -0.15) is 4.98 Å². The van der Waals surface area contributed by atoms with Crippen molar-refractivity contribution in [1.29, 1.82) is 0 Å². The Hall–Kier alpha value is -3.28. The van der Waals surface area contributed by atoms with Crippen LogP contribution < -0.4 is 20.1 Å². The largest absolute Gasteiger partial charge is 0.493 e. The molecule has 0 spiro atoms. The van der Waals surface area contributed by atoms with E-state index in [-0.39, 0.29) is 0 Å². The van der Waals surface area contributed by atoms with Gasteiger partial charge in [0.25, 0.3) is 0 Å². The number of aromatic nitrogens is 2. The number of methoxy groups -OCH3 is 2. The summed E-state index contributed by atoms with van der Waals surface area (Å²) in [6, 6.07) is 18.0. The van der Waals surface area contributed by atoms with Crippen LogP contribution in [-0.4, -0.2) is 30.7 Å². The van der Waals surface area contributed by atoms with Crippen molar-refractivity contribution in [1.82, 2.24) is 9.97 Å². The van der Waals surface area contributed by atoms with Crippen LogP contribution in [-0.2, 0) is 6.54 Å². The number of anilines is 2. The van der Waals surface area contributed by atoms with Gasteiger partial charge in [0, 0.05) is 24.7 Å². The molecule has 0 atom stereocenters. The van der Waals surface area contributed by atoms with Crippen LogP contribution in [0.3, 0.4) is 0 Å². The molecule has 0 fully saturated rings. The highest BCUT2D eigenvalue weighted by molar-refractivity contribution is 5.64. The average molecular weight is 393 g/mol. The molecule has 3 rings (SSSR count). The number of hydrogen-bond acceptors (Lipinski definition) is 6. The number of nitrogens with zero attached hydrogens (tertiary/aromatic N) is 2. The first kappa shape index (κ1) is 20.5. The van der Waals surface area contributed by atoms with Crippen molar-refractivity contribution in [2.75, 3.05) is 31.4 Å². The van der Waals surface area contributed by atoms with Crippen LogP contribution in [0.25, 0.3) is 11.3 Å². The molecule has 1 heterocycles. The van der Waals surface area contributed by atoms with Gasteiger partial charge in [0.15, 0.2) is 11.5 Å². The average Bonchev–Trinajstić information content (AvgIpc) is 2.78. The molecule has 0 saturated heterocycles. The van der Waals surface area contributed by atoms with E-state index >= 15 is 0 Å². The lowest BCUT2D eigenvalue weighted by atomic mass is 10.1. The molecule has 6 nitrogen and oxygen atoms in total. The predicted octanol–water partition coefficient (Wildman–Crippen LogP) is 4.98. The summed E-state index contributed by atoms with van der Waals surface area (Å²) >= 11 is 0. The molecule has 0 amide bonds. The summed E-state index contributed by atoms with van der Waals surface area (Å²) in [6.07, 6.45) is 2.20. The van der Waals surface area contributed by atoms with Gasteiger partial charge >= 0.3 is 0 Å². The monoisotopic (exact) mass is 392 g/mol. The van der Waals surface area contributed by atoms with Crippen molar-refractivity contribution >= 4 is 11.8 Å². The lowest BCUT2D eigenvalue weighted by Gasteiger charge is -2.13. The number of nitrogens with one attached hydrogen (secondary N) is 2. The molecule has 0 radical (unpaired) electrons. The number of benzene rings is 2. The van der Waals surface area contributed by atoms with E-state index < -0.39 is 0 Å². The Balaban J connectivity index is 1.81. The molecule has 0 bridgehead atoms.